The van der Waals surface area contributed by atoms with Crippen molar-refractivity contribution in [3.63, 3.8) is 0 Å². The Balaban J connectivity index is 0.000000294. The standard InChI is InChI=1S/C25H34N2O3S.C25H34N2O3.C24H31N3O4/c1-17(2)16-19-6-8-20(9-7-19)18(3)24(28)27-23(14-15-31-5)25(29)26-21-10-12-22(30-4)13-11-21;1-16(2)15-19-7-9-20(10-8-19)18(5)24(28)27-23(17(3)4)25(29)26-21-11-13-22(30-6)14-12-21;1-15(2)14-17-4-6-18(7-5-17)16(3)23(30)27-21(12-13-22(25)29)24(31)26-19-8-10-20(28)11-9-19/h6-13,17-18,23H,14-16H2,1-5H3,(H,26,29)(H,27,28);7-14,16-18,23H,15H2,1-6H3,(H,26,29)(H,27,28);4-11,15-16,21,28H,12-14H2,1-3H3,(H2,25,29)(H,26,31)(H,27,30)/t2*18?,23-;16?,21-/m000/s1. The minimum atomic E-state index is -0.920. The summed E-state index contributed by atoms with van der Waals surface area (Å²) in [5.74, 6) is 0.753. The number of benzene rings is 6. The van der Waals surface area contributed by atoms with Gasteiger partial charge < -0.3 is 52.2 Å². The molecule has 6 rings (SSSR count). The lowest BCUT2D eigenvalue weighted by atomic mass is 9.95. The Morgan fingerprint density at radius 3 is 1.04 bits per heavy atom. The van der Waals surface area contributed by atoms with E-state index in [-0.39, 0.29) is 65.9 Å². The fraction of sp³-hybridized carbons (Fsp3) is 0.419. The molecule has 0 saturated carbocycles. The maximum Gasteiger partial charge on any atom is 0.247 e. The van der Waals surface area contributed by atoms with Gasteiger partial charge in [0.15, 0.2) is 0 Å². The molecule has 0 fully saturated rings. The van der Waals surface area contributed by atoms with Crippen LogP contribution in [0.1, 0.15) is 147 Å². The molecule has 6 aromatic rings. The van der Waals surface area contributed by atoms with Crippen molar-refractivity contribution in [2.75, 3.05) is 42.2 Å². The fourth-order valence-corrected chi connectivity index (χ4v) is 10.2. The Bertz CT molecular complexity index is 3250. The molecule has 0 aliphatic carbocycles. The number of methoxy groups -OCH3 is 2. The van der Waals surface area contributed by atoms with E-state index < -0.39 is 35.9 Å². The summed E-state index contributed by atoms with van der Waals surface area (Å²) in [6.45, 7) is 22.4. The first kappa shape index (κ1) is 75.8. The quantitative estimate of drug-likeness (QED) is 0.0197. The molecular formula is C74H99N7O10S. The number of rotatable bonds is 30. The van der Waals surface area contributed by atoms with Crippen molar-refractivity contribution in [2.45, 2.75) is 151 Å². The molecule has 0 bridgehead atoms. The van der Waals surface area contributed by atoms with E-state index in [1.54, 1.807) is 93.6 Å². The third kappa shape index (κ3) is 26.7. The summed E-state index contributed by atoms with van der Waals surface area (Å²) < 4.78 is 10.3. The number of hydrogen-bond donors (Lipinski definition) is 8. The van der Waals surface area contributed by atoms with Gasteiger partial charge in [-0.3, -0.25) is 33.6 Å². The second kappa shape index (κ2) is 38.9. The van der Waals surface area contributed by atoms with Crippen molar-refractivity contribution >= 4 is 70.2 Å². The number of phenolic OH excluding ortho intramolecular Hbond substituents is 1. The average Bonchev–Trinajstić information content (AvgIpc) is 1.19. The first-order chi connectivity index (χ1) is 43.7. The van der Waals surface area contributed by atoms with Crippen molar-refractivity contribution in [3.05, 3.63) is 179 Å². The van der Waals surface area contributed by atoms with Crippen LogP contribution in [0.2, 0.25) is 0 Å². The smallest absolute Gasteiger partial charge is 0.247 e. The molecule has 3 unspecified atom stereocenters. The van der Waals surface area contributed by atoms with Gasteiger partial charge in [0.05, 0.1) is 32.0 Å². The van der Waals surface area contributed by atoms with Crippen LogP contribution >= 0.6 is 11.8 Å². The van der Waals surface area contributed by atoms with Crippen LogP contribution < -0.4 is 47.1 Å². The number of thioether (sulfide) groups is 1. The largest absolute Gasteiger partial charge is 0.508 e. The SMILES string of the molecule is CC(C)Cc1ccc(C(C)C(=O)N[C@@H](CCC(N)=O)C(=O)Nc2ccc(O)cc2)cc1.COc1ccc(NC(=O)[C@@H](NC(=O)C(C)c2ccc(CC(C)C)cc2)C(C)C)cc1.COc1ccc(NC(=O)[C@H](CCSC)NC(=O)C(C)c2ccc(CC(C)C)cc2)cc1. The maximum absolute atomic E-state index is 12.9. The molecular weight excluding hydrogens is 1180 g/mol. The Morgan fingerprint density at radius 2 is 0.739 bits per heavy atom. The van der Waals surface area contributed by atoms with E-state index in [9.17, 15) is 38.7 Å². The average molecular weight is 1280 g/mol. The summed E-state index contributed by atoms with van der Waals surface area (Å²) in [5.41, 5.74) is 13.5. The number of primary amides is 1. The molecule has 6 atom stereocenters. The number of carbonyl (C=O) groups is 7. The van der Waals surface area contributed by atoms with Gasteiger partial charge in [0.2, 0.25) is 41.4 Å². The van der Waals surface area contributed by atoms with Gasteiger partial charge in [-0.05, 0) is 195 Å². The lowest BCUT2D eigenvalue weighted by Gasteiger charge is -2.24. The third-order valence-electron chi connectivity index (χ3n) is 15.2. The molecule has 496 valence electrons. The van der Waals surface area contributed by atoms with Crippen molar-refractivity contribution in [3.8, 4) is 17.2 Å². The molecule has 7 amide bonds. The number of nitrogens with one attached hydrogen (secondary N) is 6. The monoisotopic (exact) mass is 1280 g/mol. The first-order valence-corrected chi connectivity index (χ1v) is 33.0. The van der Waals surface area contributed by atoms with Gasteiger partial charge in [0.1, 0.15) is 35.4 Å². The van der Waals surface area contributed by atoms with Crippen molar-refractivity contribution in [2.24, 2.45) is 29.4 Å². The second-order valence-corrected chi connectivity index (χ2v) is 25.8. The van der Waals surface area contributed by atoms with Gasteiger partial charge in [0, 0.05) is 23.5 Å². The number of carbonyl (C=O) groups excluding carboxylic acids is 7. The Labute approximate surface area is 550 Å². The van der Waals surface area contributed by atoms with Crippen molar-refractivity contribution in [1.29, 1.82) is 0 Å². The zero-order chi connectivity index (χ0) is 68.0. The normalized spacial score (nSPS) is 12.9. The summed E-state index contributed by atoms with van der Waals surface area (Å²) in [6.07, 6.45) is 5.60. The molecule has 9 N–H and O–H groups in total. The van der Waals surface area contributed by atoms with E-state index in [2.05, 4.69) is 97.7 Å². The van der Waals surface area contributed by atoms with E-state index in [0.29, 0.717) is 41.2 Å². The van der Waals surface area contributed by atoms with Crippen LogP contribution in [0.25, 0.3) is 0 Å². The molecule has 17 nitrogen and oxygen atoms in total. The summed E-state index contributed by atoms with van der Waals surface area (Å²) in [7, 11) is 3.19. The molecule has 0 aliphatic rings. The second-order valence-electron chi connectivity index (χ2n) is 24.8. The Morgan fingerprint density at radius 1 is 0.424 bits per heavy atom. The lowest BCUT2D eigenvalue weighted by Crippen LogP contribution is -2.48. The van der Waals surface area contributed by atoms with E-state index in [0.717, 1.165) is 53.2 Å². The van der Waals surface area contributed by atoms with Crippen molar-refractivity contribution in [1.82, 2.24) is 16.0 Å². The number of hydrogen-bond acceptors (Lipinski definition) is 11. The van der Waals surface area contributed by atoms with E-state index in [1.807, 2.05) is 82.5 Å². The van der Waals surface area contributed by atoms with Gasteiger partial charge in [-0.1, -0.05) is 128 Å². The fourth-order valence-electron chi connectivity index (χ4n) is 9.73. The Kier molecular flexibility index (Phi) is 32.1. The minimum absolute atomic E-state index is 0.0355. The highest BCUT2D eigenvalue weighted by molar-refractivity contribution is 7.98. The molecule has 0 heterocycles. The highest BCUT2D eigenvalue weighted by Gasteiger charge is 2.29. The topological polar surface area (TPSA) is 256 Å². The van der Waals surface area contributed by atoms with Crippen molar-refractivity contribution < 1.29 is 48.1 Å². The summed E-state index contributed by atoms with van der Waals surface area (Å²) in [5, 5.41) is 26.4. The highest BCUT2D eigenvalue weighted by atomic mass is 32.2. The zero-order valence-electron chi connectivity index (χ0n) is 56.2. The van der Waals surface area contributed by atoms with Crippen LogP contribution in [-0.4, -0.2) is 90.8 Å². The van der Waals surface area contributed by atoms with Crippen LogP contribution in [0, 0.1) is 23.7 Å². The molecule has 0 aliphatic heterocycles. The number of ether oxygens (including phenoxy) is 2. The van der Waals surface area contributed by atoms with Gasteiger partial charge >= 0.3 is 0 Å². The number of anilines is 3. The molecule has 0 spiro atoms. The molecule has 0 saturated heterocycles. The maximum atomic E-state index is 12.9. The number of amides is 7. The number of aromatic hydroxyl groups is 1. The molecule has 6 aromatic carbocycles. The Hall–Kier alpha value is -8.64. The summed E-state index contributed by atoms with van der Waals surface area (Å²) in [4.78, 5) is 88.2. The zero-order valence-corrected chi connectivity index (χ0v) is 57.0. The molecule has 92 heavy (non-hydrogen) atoms. The molecule has 0 aromatic heterocycles. The van der Waals surface area contributed by atoms with E-state index in [1.165, 1.54) is 28.8 Å². The summed E-state index contributed by atoms with van der Waals surface area (Å²) in [6, 6.07) is 42.3. The lowest BCUT2D eigenvalue weighted by molar-refractivity contribution is -0.128. The van der Waals surface area contributed by atoms with Gasteiger partial charge in [-0.2, -0.15) is 11.8 Å². The van der Waals surface area contributed by atoms with E-state index >= 15 is 0 Å². The van der Waals surface area contributed by atoms with Gasteiger partial charge in [-0.15, -0.1) is 0 Å². The highest BCUT2D eigenvalue weighted by Crippen LogP contribution is 2.24. The predicted molar refractivity (Wildman–Crippen MR) is 372 cm³/mol. The van der Waals surface area contributed by atoms with Crippen LogP contribution in [0.3, 0.4) is 0 Å². The van der Waals surface area contributed by atoms with Crippen LogP contribution in [-0.2, 0) is 52.8 Å². The molecule has 0 radical (unpaired) electrons. The van der Waals surface area contributed by atoms with Crippen LogP contribution in [0.4, 0.5) is 17.1 Å². The number of phenols is 1. The molecule has 18 heteroatoms. The first-order valence-electron chi connectivity index (χ1n) is 31.6. The number of nitrogens with two attached hydrogens (primary N) is 1. The predicted octanol–water partition coefficient (Wildman–Crippen LogP) is 12.7. The third-order valence-corrected chi connectivity index (χ3v) is 15.8. The van der Waals surface area contributed by atoms with Gasteiger partial charge in [0.25, 0.3) is 0 Å². The van der Waals surface area contributed by atoms with Crippen LogP contribution in [0.15, 0.2) is 146 Å². The minimum Gasteiger partial charge on any atom is -0.508 e. The van der Waals surface area contributed by atoms with E-state index in [4.69, 9.17) is 15.2 Å². The van der Waals surface area contributed by atoms with Crippen LogP contribution in [0.5, 0.6) is 17.2 Å². The summed E-state index contributed by atoms with van der Waals surface area (Å²) >= 11 is 1.65. The van der Waals surface area contributed by atoms with Gasteiger partial charge in [-0.25, -0.2) is 0 Å².